The number of nitrogens with zero attached hydrogens (tertiary/aromatic N) is 1. The number of hydrogen-bond acceptors (Lipinski definition) is 1. The molecular formula is C42H31N. The third-order valence-electron chi connectivity index (χ3n) is 8.99. The van der Waals surface area contributed by atoms with Gasteiger partial charge < -0.3 is 0 Å². The Hall–Kier alpha value is -5.27. The Morgan fingerprint density at radius 2 is 1.07 bits per heavy atom. The number of aromatic nitrogens is 1. The molecule has 1 aliphatic rings. The van der Waals surface area contributed by atoms with Gasteiger partial charge in [-0.05, 0) is 120 Å². The van der Waals surface area contributed by atoms with Crippen LogP contribution in [0.15, 0.2) is 152 Å². The molecule has 0 radical (unpaired) electrons. The summed E-state index contributed by atoms with van der Waals surface area (Å²) in [6.45, 7) is 2.35. The number of hydrogen-bond donors (Lipinski definition) is 0. The lowest BCUT2D eigenvalue weighted by Crippen LogP contribution is -2.03. The molecule has 1 atom stereocenters. The van der Waals surface area contributed by atoms with Crippen molar-refractivity contribution in [2.45, 2.75) is 13.3 Å². The van der Waals surface area contributed by atoms with E-state index in [1.165, 1.54) is 76.8 Å². The van der Waals surface area contributed by atoms with Crippen LogP contribution in [0.5, 0.6) is 0 Å². The van der Waals surface area contributed by atoms with Crippen molar-refractivity contribution < 1.29 is 0 Å². The van der Waals surface area contributed by atoms with Crippen LogP contribution < -0.4 is 0 Å². The molecule has 0 saturated carbocycles. The summed E-state index contributed by atoms with van der Waals surface area (Å²) in [5, 5.41) is 7.76. The molecule has 0 saturated heterocycles. The molecule has 0 spiro atoms. The lowest BCUT2D eigenvalue weighted by molar-refractivity contribution is 0.760. The maximum Gasteiger partial charge on any atom is 0.0273 e. The summed E-state index contributed by atoms with van der Waals surface area (Å²) in [6.07, 6.45) is 11.6. The van der Waals surface area contributed by atoms with E-state index >= 15 is 0 Å². The fourth-order valence-electron chi connectivity index (χ4n) is 6.83. The Bertz CT molecular complexity index is 2160. The average Bonchev–Trinajstić information content (AvgIpc) is 3.07. The molecule has 0 amide bonds. The minimum Gasteiger partial charge on any atom is -0.265 e. The Kier molecular flexibility index (Phi) is 6.23. The first-order valence-corrected chi connectivity index (χ1v) is 15.1. The minimum atomic E-state index is 0.489. The van der Waals surface area contributed by atoms with Gasteiger partial charge in [0.1, 0.15) is 0 Å². The zero-order valence-electron chi connectivity index (χ0n) is 24.2. The van der Waals surface area contributed by atoms with E-state index in [1.807, 2.05) is 12.4 Å². The van der Waals surface area contributed by atoms with Crippen LogP contribution in [-0.2, 0) is 0 Å². The van der Waals surface area contributed by atoms with Crippen molar-refractivity contribution >= 4 is 37.9 Å². The van der Waals surface area contributed by atoms with Crippen LogP contribution >= 0.6 is 0 Å². The summed E-state index contributed by atoms with van der Waals surface area (Å²) in [5.41, 5.74) is 10.2. The molecule has 7 aromatic rings. The molecule has 1 unspecified atom stereocenters. The molecule has 0 bridgehead atoms. The second-order valence-electron chi connectivity index (χ2n) is 11.6. The standard InChI is InChI=1S/C42H31N/c1-28-9-2-3-12-36(28)42-39-15-6-4-13-37(39)41(38-14-5-7-16-40(38)42)35-20-19-33-26-32(17-18-34(33)27-35)31-11-8-10-30(25-31)29-21-23-43-24-22-29/h2-8,10-28H,9H2,1H3. The maximum atomic E-state index is 4.17. The van der Waals surface area contributed by atoms with Crippen molar-refractivity contribution in [1.82, 2.24) is 4.98 Å². The van der Waals surface area contributed by atoms with Crippen molar-refractivity contribution in [3.8, 4) is 33.4 Å². The Morgan fingerprint density at radius 3 is 1.72 bits per heavy atom. The summed E-state index contributed by atoms with van der Waals surface area (Å²) < 4.78 is 0. The summed E-state index contributed by atoms with van der Waals surface area (Å²) in [7, 11) is 0. The third-order valence-corrected chi connectivity index (χ3v) is 8.99. The molecule has 8 rings (SSSR count). The molecule has 1 heteroatoms. The quantitative estimate of drug-likeness (QED) is 0.199. The van der Waals surface area contributed by atoms with E-state index in [2.05, 4.69) is 151 Å². The molecule has 0 fully saturated rings. The van der Waals surface area contributed by atoms with E-state index in [1.54, 1.807) is 0 Å². The largest absolute Gasteiger partial charge is 0.265 e. The smallest absolute Gasteiger partial charge is 0.0273 e. The van der Waals surface area contributed by atoms with Crippen LogP contribution in [0.2, 0.25) is 0 Å². The molecule has 6 aromatic carbocycles. The van der Waals surface area contributed by atoms with E-state index in [-0.39, 0.29) is 0 Å². The highest BCUT2D eigenvalue weighted by Gasteiger charge is 2.21. The minimum absolute atomic E-state index is 0.489. The first-order valence-electron chi connectivity index (χ1n) is 15.1. The van der Waals surface area contributed by atoms with Gasteiger partial charge in [0.15, 0.2) is 0 Å². The predicted octanol–water partition coefficient (Wildman–Crippen LogP) is 11.5. The average molecular weight is 550 g/mol. The highest BCUT2D eigenvalue weighted by Crippen LogP contribution is 2.45. The molecule has 1 aliphatic carbocycles. The van der Waals surface area contributed by atoms with Crippen molar-refractivity contribution in [2.75, 3.05) is 0 Å². The second kappa shape index (κ2) is 10.5. The van der Waals surface area contributed by atoms with Crippen LogP contribution in [0.1, 0.15) is 18.9 Å². The van der Waals surface area contributed by atoms with Gasteiger partial charge in [0, 0.05) is 12.4 Å². The topological polar surface area (TPSA) is 12.9 Å². The highest BCUT2D eigenvalue weighted by atomic mass is 14.6. The van der Waals surface area contributed by atoms with Gasteiger partial charge in [-0.1, -0.05) is 116 Å². The van der Waals surface area contributed by atoms with Crippen molar-refractivity contribution in [2.24, 2.45) is 5.92 Å². The molecule has 0 N–H and O–H groups in total. The van der Waals surface area contributed by atoms with Gasteiger partial charge in [-0.25, -0.2) is 0 Å². The van der Waals surface area contributed by atoms with Crippen LogP contribution in [-0.4, -0.2) is 4.98 Å². The van der Waals surface area contributed by atoms with E-state index in [0.29, 0.717) is 5.92 Å². The third kappa shape index (κ3) is 4.45. The zero-order valence-corrected chi connectivity index (χ0v) is 24.2. The van der Waals surface area contributed by atoms with E-state index in [9.17, 15) is 0 Å². The summed E-state index contributed by atoms with van der Waals surface area (Å²) >= 11 is 0. The van der Waals surface area contributed by atoms with Gasteiger partial charge in [0.05, 0.1) is 0 Å². The molecule has 1 aromatic heterocycles. The lowest BCUT2D eigenvalue weighted by atomic mass is 9.80. The molecule has 1 nitrogen and oxygen atoms in total. The first kappa shape index (κ1) is 25.4. The Balaban J connectivity index is 1.28. The molecule has 0 aliphatic heterocycles. The fourth-order valence-corrected chi connectivity index (χ4v) is 6.83. The molecule has 1 heterocycles. The number of benzene rings is 6. The van der Waals surface area contributed by atoms with E-state index in [4.69, 9.17) is 0 Å². The van der Waals surface area contributed by atoms with Crippen molar-refractivity contribution in [3.05, 3.63) is 158 Å². The van der Waals surface area contributed by atoms with Crippen molar-refractivity contribution in [3.63, 3.8) is 0 Å². The zero-order chi connectivity index (χ0) is 28.8. The Labute approximate surface area is 252 Å². The van der Waals surface area contributed by atoms with Gasteiger partial charge in [-0.15, -0.1) is 0 Å². The predicted molar refractivity (Wildman–Crippen MR) is 184 cm³/mol. The number of allylic oxidation sites excluding steroid dienone is 4. The fraction of sp³-hybridized carbons (Fsp3) is 0.0714. The number of fused-ring (bicyclic) bond motifs is 3. The van der Waals surface area contributed by atoms with Gasteiger partial charge >= 0.3 is 0 Å². The van der Waals surface area contributed by atoms with Crippen molar-refractivity contribution in [1.29, 1.82) is 0 Å². The lowest BCUT2D eigenvalue weighted by Gasteiger charge is -2.23. The highest BCUT2D eigenvalue weighted by molar-refractivity contribution is 6.19. The van der Waals surface area contributed by atoms with E-state index < -0.39 is 0 Å². The van der Waals surface area contributed by atoms with Gasteiger partial charge in [-0.2, -0.15) is 0 Å². The maximum absolute atomic E-state index is 4.17. The first-order chi connectivity index (χ1) is 21.2. The number of rotatable bonds is 4. The second-order valence-corrected chi connectivity index (χ2v) is 11.6. The van der Waals surface area contributed by atoms with Gasteiger partial charge in [0.25, 0.3) is 0 Å². The normalized spacial score (nSPS) is 14.8. The summed E-state index contributed by atoms with van der Waals surface area (Å²) in [5.74, 6) is 0.489. The number of pyridine rings is 1. The van der Waals surface area contributed by atoms with Crippen LogP contribution in [0.4, 0.5) is 0 Å². The molecule has 204 valence electrons. The SMILES string of the molecule is CC1CC=CC=C1c1c2ccccc2c(-c2ccc3cc(-c4cccc(-c5ccncc5)c4)ccc3c2)c2ccccc12. The van der Waals surface area contributed by atoms with Crippen LogP contribution in [0.3, 0.4) is 0 Å². The van der Waals surface area contributed by atoms with Crippen LogP contribution in [0, 0.1) is 5.92 Å². The molecular weight excluding hydrogens is 518 g/mol. The van der Waals surface area contributed by atoms with E-state index in [0.717, 1.165) is 6.42 Å². The summed E-state index contributed by atoms with van der Waals surface area (Å²) in [4.78, 5) is 4.17. The van der Waals surface area contributed by atoms with Gasteiger partial charge in [-0.3, -0.25) is 4.98 Å². The van der Waals surface area contributed by atoms with Crippen LogP contribution in [0.25, 0.3) is 71.3 Å². The monoisotopic (exact) mass is 549 g/mol. The molecule has 43 heavy (non-hydrogen) atoms. The summed E-state index contributed by atoms with van der Waals surface area (Å²) in [6, 6.07) is 44.6. The Morgan fingerprint density at radius 1 is 0.512 bits per heavy atom. The van der Waals surface area contributed by atoms with Gasteiger partial charge in [0.2, 0.25) is 0 Å².